The summed E-state index contributed by atoms with van der Waals surface area (Å²) in [5, 5.41) is 7.57. The third kappa shape index (κ3) is 3.81. The van der Waals surface area contributed by atoms with Crippen LogP contribution >= 0.6 is 0 Å². The molecule has 7 heteroatoms. The minimum Gasteiger partial charge on any atom is -0.357 e. The van der Waals surface area contributed by atoms with Crippen molar-refractivity contribution in [2.75, 3.05) is 18.0 Å². The number of hydrogen-bond donors (Lipinski definition) is 1. The lowest BCUT2D eigenvalue weighted by Gasteiger charge is -2.17. The molecule has 1 amide bonds. The molecule has 0 radical (unpaired) electrons. The van der Waals surface area contributed by atoms with Gasteiger partial charge in [-0.25, -0.2) is 4.98 Å². The Bertz CT molecular complexity index is 1020. The maximum absolute atomic E-state index is 12.4. The number of aromatic nitrogens is 3. The highest BCUT2D eigenvalue weighted by molar-refractivity contribution is 5.81. The van der Waals surface area contributed by atoms with Gasteiger partial charge in [0.15, 0.2) is 0 Å². The normalized spacial score (nSPS) is 13.9. The van der Waals surface area contributed by atoms with E-state index in [0.29, 0.717) is 17.4 Å². The Morgan fingerprint density at radius 2 is 1.96 bits per heavy atom. The number of pyridine rings is 1. The fourth-order valence-electron chi connectivity index (χ4n) is 3.37. The molecule has 0 bridgehead atoms. The van der Waals surface area contributed by atoms with E-state index in [4.69, 9.17) is 0 Å². The fraction of sp³-hybridized carbons (Fsp3) is 0.300. The van der Waals surface area contributed by atoms with Crippen molar-refractivity contribution in [2.24, 2.45) is 0 Å². The molecule has 1 aliphatic heterocycles. The number of nitrogens with zero attached hydrogens (tertiary/aromatic N) is 4. The van der Waals surface area contributed by atoms with E-state index in [0.717, 1.165) is 24.5 Å². The summed E-state index contributed by atoms with van der Waals surface area (Å²) in [6.07, 6.45) is 5.43. The maximum atomic E-state index is 12.4. The predicted molar refractivity (Wildman–Crippen MR) is 104 cm³/mol. The first-order valence-electron chi connectivity index (χ1n) is 9.12. The Balaban J connectivity index is 1.43. The van der Waals surface area contributed by atoms with Gasteiger partial charge in [-0.1, -0.05) is 12.1 Å². The van der Waals surface area contributed by atoms with Gasteiger partial charge in [-0.15, -0.1) is 0 Å². The van der Waals surface area contributed by atoms with Gasteiger partial charge in [0.1, 0.15) is 12.4 Å². The topological polar surface area (TPSA) is 80.1 Å². The summed E-state index contributed by atoms with van der Waals surface area (Å²) in [5.74, 6) is 0.808. The van der Waals surface area contributed by atoms with Crippen LogP contribution in [0.2, 0.25) is 0 Å². The SMILES string of the molecule is O=C(Cn1ncc(=O)c2ccccc21)NCc1ccnc(N2CCCC2)c1. The summed E-state index contributed by atoms with van der Waals surface area (Å²) in [4.78, 5) is 31.0. The van der Waals surface area contributed by atoms with E-state index in [2.05, 4.69) is 20.3 Å². The van der Waals surface area contributed by atoms with E-state index >= 15 is 0 Å². The van der Waals surface area contributed by atoms with Crippen LogP contribution in [0.1, 0.15) is 18.4 Å². The fourth-order valence-corrected chi connectivity index (χ4v) is 3.37. The second-order valence-corrected chi connectivity index (χ2v) is 6.68. The van der Waals surface area contributed by atoms with Crippen LogP contribution in [0.15, 0.2) is 53.6 Å². The van der Waals surface area contributed by atoms with Gasteiger partial charge in [0.05, 0.1) is 11.7 Å². The van der Waals surface area contributed by atoms with Crippen molar-refractivity contribution in [2.45, 2.75) is 25.9 Å². The molecule has 1 saturated heterocycles. The number of nitrogens with one attached hydrogen (secondary N) is 1. The monoisotopic (exact) mass is 363 g/mol. The first kappa shape index (κ1) is 17.2. The molecule has 1 aromatic carbocycles. The largest absolute Gasteiger partial charge is 0.357 e. The van der Waals surface area contributed by atoms with Crippen LogP contribution in [0.5, 0.6) is 0 Å². The molecule has 0 aliphatic carbocycles. The van der Waals surface area contributed by atoms with Gasteiger partial charge >= 0.3 is 0 Å². The average molecular weight is 363 g/mol. The highest BCUT2D eigenvalue weighted by atomic mass is 16.2. The van der Waals surface area contributed by atoms with Crippen LogP contribution in [-0.4, -0.2) is 33.8 Å². The summed E-state index contributed by atoms with van der Waals surface area (Å²) in [7, 11) is 0. The summed E-state index contributed by atoms with van der Waals surface area (Å²) < 4.78 is 1.55. The third-order valence-corrected chi connectivity index (χ3v) is 4.78. The molecule has 1 aliphatic rings. The average Bonchev–Trinajstić information content (AvgIpc) is 3.24. The van der Waals surface area contributed by atoms with Gasteiger partial charge in [-0.05, 0) is 42.7 Å². The lowest BCUT2D eigenvalue weighted by Crippen LogP contribution is -2.29. The van der Waals surface area contributed by atoms with Crippen LogP contribution in [-0.2, 0) is 17.9 Å². The van der Waals surface area contributed by atoms with Crippen molar-refractivity contribution in [3.8, 4) is 0 Å². The van der Waals surface area contributed by atoms with Crippen molar-refractivity contribution >= 4 is 22.6 Å². The third-order valence-electron chi connectivity index (χ3n) is 4.78. The van der Waals surface area contributed by atoms with Crippen LogP contribution in [0.25, 0.3) is 10.9 Å². The summed E-state index contributed by atoms with van der Waals surface area (Å²) in [6, 6.07) is 11.1. The molecule has 0 saturated carbocycles. The Morgan fingerprint density at radius 1 is 1.15 bits per heavy atom. The standard InChI is InChI=1S/C20H21N5O2/c26-18-13-23-25(17-6-2-1-5-16(17)18)14-20(27)22-12-15-7-8-21-19(11-15)24-9-3-4-10-24/h1-2,5-8,11,13H,3-4,9-10,12,14H2,(H,22,27). The van der Waals surface area contributed by atoms with Gasteiger partial charge in [0, 0.05) is 31.2 Å². The van der Waals surface area contributed by atoms with Crippen molar-refractivity contribution in [3.63, 3.8) is 0 Å². The lowest BCUT2D eigenvalue weighted by atomic mass is 10.2. The van der Waals surface area contributed by atoms with Crippen LogP contribution < -0.4 is 15.6 Å². The number of amides is 1. The van der Waals surface area contributed by atoms with E-state index in [1.807, 2.05) is 18.2 Å². The minimum atomic E-state index is -0.157. The Labute approximate surface area is 156 Å². The molecular weight excluding hydrogens is 342 g/mol. The lowest BCUT2D eigenvalue weighted by molar-refractivity contribution is -0.121. The summed E-state index contributed by atoms with van der Waals surface area (Å²) in [5.41, 5.74) is 1.52. The molecule has 27 heavy (non-hydrogen) atoms. The van der Waals surface area contributed by atoms with Crippen LogP contribution in [0, 0.1) is 0 Å². The van der Waals surface area contributed by atoms with Crippen molar-refractivity contribution < 1.29 is 4.79 Å². The molecule has 4 rings (SSSR count). The molecule has 1 N–H and O–H groups in total. The Hall–Kier alpha value is -3.22. The molecule has 0 spiro atoms. The van der Waals surface area contributed by atoms with Crippen LogP contribution in [0.3, 0.4) is 0 Å². The molecule has 7 nitrogen and oxygen atoms in total. The minimum absolute atomic E-state index is 0.0604. The quantitative estimate of drug-likeness (QED) is 0.746. The number of anilines is 1. The smallest absolute Gasteiger partial charge is 0.242 e. The molecule has 2 aromatic heterocycles. The van der Waals surface area contributed by atoms with Crippen LogP contribution in [0.4, 0.5) is 5.82 Å². The van der Waals surface area contributed by atoms with Gasteiger partial charge in [0.2, 0.25) is 11.3 Å². The van der Waals surface area contributed by atoms with E-state index < -0.39 is 0 Å². The highest BCUT2D eigenvalue weighted by Gasteiger charge is 2.14. The number of benzene rings is 1. The summed E-state index contributed by atoms with van der Waals surface area (Å²) in [6.45, 7) is 2.56. The van der Waals surface area contributed by atoms with E-state index in [1.165, 1.54) is 19.0 Å². The Morgan fingerprint density at radius 3 is 2.81 bits per heavy atom. The molecule has 138 valence electrons. The second kappa shape index (κ2) is 7.57. The maximum Gasteiger partial charge on any atom is 0.242 e. The van der Waals surface area contributed by atoms with Gasteiger partial charge in [-0.3, -0.25) is 14.3 Å². The van der Waals surface area contributed by atoms with Gasteiger partial charge in [-0.2, -0.15) is 5.10 Å². The number of carbonyl (C=O) groups excluding carboxylic acids is 1. The first-order chi connectivity index (χ1) is 13.2. The van der Waals surface area contributed by atoms with Crippen molar-refractivity contribution in [1.82, 2.24) is 20.1 Å². The molecule has 3 heterocycles. The van der Waals surface area contributed by atoms with Gasteiger partial charge < -0.3 is 10.2 Å². The number of hydrogen-bond acceptors (Lipinski definition) is 5. The Kier molecular flexibility index (Phi) is 4.82. The van der Waals surface area contributed by atoms with Crippen molar-refractivity contribution in [1.29, 1.82) is 0 Å². The zero-order valence-electron chi connectivity index (χ0n) is 15.0. The molecule has 3 aromatic rings. The zero-order chi connectivity index (χ0) is 18.6. The predicted octanol–water partition coefficient (Wildman–Crippen LogP) is 1.71. The number of rotatable bonds is 5. The molecule has 0 unspecified atom stereocenters. The molecular formula is C20H21N5O2. The van der Waals surface area contributed by atoms with E-state index in [-0.39, 0.29) is 17.9 Å². The summed E-state index contributed by atoms with van der Waals surface area (Å²) >= 11 is 0. The zero-order valence-corrected chi connectivity index (χ0v) is 15.0. The van der Waals surface area contributed by atoms with E-state index in [9.17, 15) is 9.59 Å². The second-order valence-electron chi connectivity index (χ2n) is 6.68. The number of carbonyl (C=O) groups is 1. The van der Waals surface area contributed by atoms with Gasteiger partial charge in [0.25, 0.3) is 0 Å². The highest BCUT2D eigenvalue weighted by Crippen LogP contribution is 2.18. The number of fused-ring (bicyclic) bond motifs is 1. The van der Waals surface area contributed by atoms with E-state index in [1.54, 1.807) is 29.1 Å². The first-order valence-corrected chi connectivity index (χ1v) is 9.12. The molecule has 1 fully saturated rings. The number of para-hydroxylation sites is 1. The molecule has 0 atom stereocenters. The van der Waals surface area contributed by atoms with Crippen molar-refractivity contribution in [3.05, 3.63) is 64.6 Å².